The molecule has 8 heteroatoms. The van der Waals surface area contributed by atoms with Crippen LogP contribution in [0.25, 0.3) is 6.08 Å². The summed E-state index contributed by atoms with van der Waals surface area (Å²) < 4.78 is 0. The number of amidine groups is 1. The zero-order chi connectivity index (χ0) is 17.3. The molecule has 1 aromatic carbocycles. The molecular weight excluding hydrogens is 385 g/mol. The lowest BCUT2D eigenvalue weighted by molar-refractivity contribution is -0.122. The molecule has 124 valence electrons. The zero-order valence-electron chi connectivity index (χ0n) is 12.9. The van der Waals surface area contributed by atoms with Crippen LogP contribution in [0.2, 0.25) is 10.0 Å². The van der Waals surface area contributed by atoms with E-state index in [9.17, 15) is 4.79 Å². The number of amides is 1. The van der Waals surface area contributed by atoms with Crippen molar-refractivity contribution >= 4 is 68.6 Å². The molecule has 1 saturated heterocycles. The quantitative estimate of drug-likeness (QED) is 0.652. The van der Waals surface area contributed by atoms with Gasteiger partial charge in [-0.15, -0.1) is 11.3 Å². The van der Waals surface area contributed by atoms with E-state index in [4.69, 9.17) is 23.2 Å². The highest BCUT2D eigenvalue weighted by Crippen LogP contribution is 2.36. The second-order valence-corrected chi connectivity index (χ2v) is 7.62. The molecule has 0 spiro atoms. The number of likely N-dealkylation sites (N-methyl/N-ethyl adjacent to an activating group) is 1. The number of carbonyl (C=O) groups excluding carboxylic acids is 1. The van der Waals surface area contributed by atoms with E-state index in [-0.39, 0.29) is 5.91 Å². The van der Waals surface area contributed by atoms with Crippen LogP contribution in [-0.4, -0.2) is 27.5 Å². The van der Waals surface area contributed by atoms with Crippen molar-refractivity contribution in [3.05, 3.63) is 49.8 Å². The number of thiazole rings is 1. The lowest BCUT2D eigenvalue weighted by Gasteiger charge is -2.11. The Morgan fingerprint density at radius 1 is 1.33 bits per heavy atom. The molecule has 4 nitrogen and oxygen atoms in total. The van der Waals surface area contributed by atoms with Crippen LogP contribution >= 0.6 is 46.3 Å². The van der Waals surface area contributed by atoms with Crippen molar-refractivity contribution in [1.82, 2.24) is 9.88 Å². The number of aliphatic imine (C=N–C) groups is 1. The molecule has 1 aliphatic rings. The van der Waals surface area contributed by atoms with E-state index in [0.717, 1.165) is 5.69 Å². The number of hydrogen-bond acceptors (Lipinski definition) is 5. The SMILES string of the molecule is CCN1C(=O)/C(=C/c2c(Cl)cccc2Cl)S/C1=N/c1nc(C)cs1. The summed E-state index contributed by atoms with van der Waals surface area (Å²) in [6.07, 6.45) is 1.72. The number of nitrogens with zero attached hydrogens (tertiary/aromatic N) is 3. The first-order valence-corrected chi connectivity index (χ1v) is 9.61. The molecule has 0 bridgehead atoms. The van der Waals surface area contributed by atoms with Crippen LogP contribution in [0.4, 0.5) is 5.13 Å². The van der Waals surface area contributed by atoms with E-state index in [1.54, 1.807) is 29.2 Å². The molecule has 0 atom stereocenters. The monoisotopic (exact) mass is 397 g/mol. The maximum Gasteiger partial charge on any atom is 0.266 e. The molecule has 1 amide bonds. The fourth-order valence-corrected chi connectivity index (χ4v) is 4.38. The van der Waals surface area contributed by atoms with E-state index in [2.05, 4.69) is 9.98 Å². The van der Waals surface area contributed by atoms with E-state index < -0.39 is 0 Å². The van der Waals surface area contributed by atoms with Crippen LogP contribution in [0.3, 0.4) is 0 Å². The van der Waals surface area contributed by atoms with Crippen molar-refractivity contribution in [2.75, 3.05) is 6.54 Å². The third-order valence-corrected chi connectivity index (χ3v) is 5.80. The van der Waals surface area contributed by atoms with Gasteiger partial charge in [0.25, 0.3) is 5.91 Å². The summed E-state index contributed by atoms with van der Waals surface area (Å²) in [4.78, 5) is 23.6. The number of benzene rings is 1. The zero-order valence-corrected chi connectivity index (χ0v) is 16.1. The standard InChI is InChI=1S/C16H13Cl2N3OS2/c1-3-21-14(22)13(7-10-11(17)5-4-6-12(10)18)24-16(21)20-15-19-9(2)8-23-15/h4-8H,3H2,1-2H3/b13-7-,20-16+. The first kappa shape index (κ1) is 17.5. The summed E-state index contributed by atoms with van der Waals surface area (Å²) in [7, 11) is 0. The van der Waals surface area contributed by atoms with E-state index in [0.29, 0.717) is 37.4 Å². The topological polar surface area (TPSA) is 45.6 Å². The van der Waals surface area contributed by atoms with Crippen molar-refractivity contribution in [3.63, 3.8) is 0 Å². The number of halogens is 2. The Bertz CT molecular complexity index is 841. The van der Waals surface area contributed by atoms with Crippen LogP contribution in [-0.2, 0) is 4.79 Å². The average Bonchev–Trinajstić information content (AvgIpc) is 3.07. The van der Waals surface area contributed by atoms with Crippen molar-refractivity contribution in [2.24, 2.45) is 4.99 Å². The molecule has 0 N–H and O–H groups in total. The summed E-state index contributed by atoms with van der Waals surface area (Å²) in [5.41, 5.74) is 1.55. The van der Waals surface area contributed by atoms with Gasteiger partial charge in [-0.3, -0.25) is 9.69 Å². The summed E-state index contributed by atoms with van der Waals surface area (Å²) in [5, 5.41) is 4.20. The molecule has 2 heterocycles. The molecule has 0 radical (unpaired) electrons. The van der Waals surface area contributed by atoms with Gasteiger partial charge >= 0.3 is 0 Å². The number of carbonyl (C=O) groups is 1. The molecule has 1 aliphatic heterocycles. The number of thioether (sulfide) groups is 1. The van der Waals surface area contributed by atoms with Crippen LogP contribution in [0.5, 0.6) is 0 Å². The lowest BCUT2D eigenvalue weighted by atomic mass is 10.2. The minimum Gasteiger partial charge on any atom is -0.287 e. The van der Waals surface area contributed by atoms with Gasteiger partial charge in [-0.1, -0.05) is 29.3 Å². The van der Waals surface area contributed by atoms with Crippen molar-refractivity contribution in [2.45, 2.75) is 13.8 Å². The van der Waals surface area contributed by atoms with Crippen LogP contribution in [0, 0.1) is 6.92 Å². The third kappa shape index (κ3) is 3.52. The van der Waals surface area contributed by atoms with Gasteiger partial charge in [-0.05, 0) is 43.8 Å². The highest BCUT2D eigenvalue weighted by Gasteiger charge is 2.32. The number of hydrogen-bond donors (Lipinski definition) is 0. The van der Waals surface area contributed by atoms with Crippen LogP contribution in [0.1, 0.15) is 18.2 Å². The molecule has 0 unspecified atom stereocenters. The van der Waals surface area contributed by atoms with Crippen molar-refractivity contribution < 1.29 is 4.79 Å². The van der Waals surface area contributed by atoms with Gasteiger partial charge in [0.2, 0.25) is 5.13 Å². The normalized spacial score (nSPS) is 18.2. The summed E-state index contributed by atoms with van der Waals surface area (Å²) in [5.74, 6) is -0.106. The molecule has 3 rings (SSSR count). The van der Waals surface area contributed by atoms with Crippen LogP contribution < -0.4 is 0 Å². The Morgan fingerprint density at radius 3 is 2.62 bits per heavy atom. The average molecular weight is 398 g/mol. The third-order valence-electron chi connectivity index (χ3n) is 3.28. The van der Waals surface area contributed by atoms with Gasteiger partial charge in [0, 0.05) is 27.5 Å². The Kier molecular flexibility index (Phi) is 5.30. The van der Waals surface area contributed by atoms with Gasteiger partial charge in [0.1, 0.15) is 0 Å². The maximum atomic E-state index is 12.6. The minimum absolute atomic E-state index is 0.106. The second kappa shape index (κ2) is 7.27. The number of aryl methyl sites for hydroxylation is 1. The highest BCUT2D eigenvalue weighted by molar-refractivity contribution is 8.18. The molecule has 1 aromatic heterocycles. The maximum absolute atomic E-state index is 12.6. The molecule has 1 fully saturated rings. The molecule has 2 aromatic rings. The first-order valence-electron chi connectivity index (χ1n) is 7.16. The Morgan fingerprint density at radius 2 is 2.04 bits per heavy atom. The second-order valence-electron chi connectivity index (χ2n) is 4.96. The minimum atomic E-state index is -0.106. The molecule has 0 aliphatic carbocycles. The summed E-state index contributed by atoms with van der Waals surface area (Å²) in [6, 6.07) is 5.26. The van der Waals surface area contributed by atoms with Crippen molar-refractivity contribution in [3.8, 4) is 0 Å². The van der Waals surface area contributed by atoms with Gasteiger partial charge in [0.05, 0.1) is 10.6 Å². The lowest BCUT2D eigenvalue weighted by Crippen LogP contribution is -2.28. The van der Waals surface area contributed by atoms with E-state index >= 15 is 0 Å². The summed E-state index contributed by atoms with van der Waals surface area (Å²) in [6.45, 7) is 4.35. The highest BCUT2D eigenvalue weighted by atomic mass is 35.5. The predicted molar refractivity (Wildman–Crippen MR) is 103 cm³/mol. The number of rotatable bonds is 3. The fraction of sp³-hybridized carbons (Fsp3) is 0.188. The smallest absolute Gasteiger partial charge is 0.266 e. The summed E-state index contributed by atoms with van der Waals surface area (Å²) >= 11 is 15.1. The number of aromatic nitrogens is 1. The Labute approximate surface area is 158 Å². The van der Waals surface area contributed by atoms with Gasteiger partial charge < -0.3 is 0 Å². The molecular formula is C16H13Cl2N3OS2. The fourth-order valence-electron chi connectivity index (χ4n) is 2.12. The van der Waals surface area contributed by atoms with Gasteiger partial charge in [-0.25, -0.2) is 4.98 Å². The van der Waals surface area contributed by atoms with Gasteiger partial charge in [-0.2, -0.15) is 4.99 Å². The largest absolute Gasteiger partial charge is 0.287 e. The molecule has 0 saturated carbocycles. The Balaban J connectivity index is 1.98. The Hall–Kier alpha value is -1.34. The molecule has 24 heavy (non-hydrogen) atoms. The first-order chi connectivity index (χ1) is 11.5. The van der Waals surface area contributed by atoms with Crippen LogP contribution in [0.15, 0.2) is 33.5 Å². The van der Waals surface area contributed by atoms with Gasteiger partial charge in [0.15, 0.2) is 5.17 Å². The van der Waals surface area contributed by atoms with E-state index in [1.807, 2.05) is 19.2 Å². The van der Waals surface area contributed by atoms with E-state index in [1.165, 1.54) is 23.1 Å². The van der Waals surface area contributed by atoms with Crippen molar-refractivity contribution in [1.29, 1.82) is 0 Å². The predicted octanol–water partition coefficient (Wildman–Crippen LogP) is 5.38.